The Balaban J connectivity index is 1.20. The lowest BCUT2D eigenvalue weighted by atomic mass is 9.85. The molecular formula is C31H30F4N6O2. The third kappa shape index (κ3) is 4.63. The van der Waals surface area contributed by atoms with E-state index in [9.17, 15) is 22.8 Å². The Kier molecular flexibility index (Phi) is 6.48. The van der Waals surface area contributed by atoms with E-state index in [1.165, 1.54) is 19.1 Å². The maximum Gasteiger partial charge on any atom is 0.391 e. The fourth-order valence-electron chi connectivity index (χ4n) is 6.83. The van der Waals surface area contributed by atoms with Crippen LogP contribution in [0.5, 0.6) is 0 Å². The smallest absolute Gasteiger partial charge is 0.375 e. The molecule has 6 heterocycles. The van der Waals surface area contributed by atoms with Gasteiger partial charge in [-0.25, -0.2) is 14.2 Å². The number of likely N-dealkylation sites (tertiary alicyclic amines) is 1. The summed E-state index contributed by atoms with van der Waals surface area (Å²) in [6.45, 7) is 2.74. The predicted octanol–water partition coefficient (Wildman–Crippen LogP) is 5.31. The highest BCUT2D eigenvalue weighted by Gasteiger charge is 2.42. The summed E-state index contributed by atoms with van der Waals surface area (Å²) >= 11 is 0. The lowest BCUT2D eigenvalue weighted by Gasteiger charge is -2.37. The van der Waals surface area contributed by atoms with E-state index in [0.29, 0.717) is 53.7 Å². The van der Waals surface area contributed by atoms with Crippen molar-refractivity contribution in [3.8, 4) is 0 Å². The first-order valence-corrected chi connectivity index (χ1v) is 14.5. The number of benzene rings is 1. The summed E-state index contributed by atoms with van der Waals surface area (Å²) in [4.78, 5) is 34.5. The molecule has 1 saturated heterocycles. The highest BCUT2D eigenvalue weighted by Crippen LogP contribution is 2.39. The number of Topliss-reactive ketones (excluding diaryl/α,β-unsaturated/α-hetero) is 1. The van der Waals surface area contributed by atoms with Crippen LogP contribution >= 0.6 is 0 Å². The van der Waals surface area contributed by atoms with Gasteiger partial charge in [-0.1, -0.05) is 13.0 Å². The van der Waals surface area contributed by atoms with E-state index in [1.807, 2.05) is 39.6 Å². The lowest BCUT2D eigenvalue weighted by Crippen LogP contribution is -2.48. The molecule has 43 heavy (non-hydrogen) atoms. The number of rotatable bonds is 3. The summed E-state index contributed by atoms with van der Waals surface area (Å²) in [5.41, 5.74) is 4.55. The van der Waals surface area contributed by atoms with Crippen molar-refractivity contribution in [3.05, 3.63) is 71.6 Å². The number of imidazole rings is 1. The van der Waals surface area contributed by atoms with E-state index >= 15 is 4.39 Å². The van der Waals surface area contributed by atoms with Crippen molar-refractivity contribution in [1.29, 1.82) is 0 Å². The van der Waals surface area contributed by atoms with Crippen molar-refractivity contribution >= 4 is 39.6 Å². The van der Waals surface area contributed by atoms with E-state index in [2.05, 4.69) is 10.3 Å². The van der Waals surface area contributed by atoms with Crippen LogP contribution in [0.2, 0.25) is 0 Å². The van der Waals surface area contributed by atoms with Crippen molar-refractivity contribution < 1.29 is 27.2 Å². The van der Waals surface area contributed by atoms with Gasteiger partial charge in [-0.05, 0) is 48.6 Å². The first-order chi connectivity index (χ1) is 20.6. The Labute approximate surface area is 244 Å². The van der Waals surface area contributed by atoms with Gasteiger partial charge in [0.15, 0.2) is 5.78 Å². The predicted molar refractivity (Wildman–Crippen MR) is 152 cm³/mol. The Morgan fingerprint density at radius 1 is 1.09 bits per heavy atom. The minimum atomic E-state index is -4.25. The summed E-state index contributed by atoms with van der Waals surface area (Å²) in [6.07, 6.45) is 1.77. The van der Waals surface area contributed by atoms with Crippen LogP contribution in [-0.4, -0.2) is 67.9 Å². The number of hydrogen-bond acceptors (Lipinski definition) is 4. The Bertz CT molecular complexity index is 1800. The van der Waals surface area contributed by atoms with Crippen molar-refractivity contribution in [2.24, 2.45) is 11.8 Å². The monoisotopic (exact) mass is 594 g/mol. The van der Waals surface area contributed by atoms with Crippen LogP contribution < -0.4 is 5.32 Å². The van der Waals surface area contributed by atoms with Gasteiger partial charge < -0.3 is 19.7 Å². The summed E-state index contributed by atoms with van der Waals surface area (Å²) in [5, 5.41) is 3.81. The molecule has 0 spiro atoms. The number of amides is 2. The number of alkyl halides is 3. The normalized spacial score (nSPS) is 19.0. The second-order valence-corrected chi connectivity index (χ2v) is 11.7. The number of ketones is 1. The molecule has 8 nitrogen and oxygen atoms in total. The van der Waals surface area contributed by atoms with Crippen molar-refractivity contribution in [1.82, 2.24) is 29.1 Å². The van der Waals surface area contributed by atoms with Crippen LogP contribution in [-0.2, 0) is 17.9 Å². The Morgan fingerprint density at radius 2 is 1.88 bits per heavy atom. The van der Waals surface area contributed by atoms with Crippen LogP contribution in [0.1, 0.15) is 36.6 Å². The lowest BCUT2D eigenvalue weighted by molar-refractivity contribution is -0.186. The molecule has 2 amide bonds. The van der Waals surface area contributed by atoms with Gasteiger partial charge in [0, 0.05) is 56.1 Å². The first-order valence-electron chi connectivity index (χ1n) is 14.5. The molecule has 0 aliphatic carbocycles. The number of aromatic nitrogens is 3. The fourth-order valence-corrected chi connectivity index (χ4v) is 6.83. The van der Waals surface area contributed by atoms with E-state index in [-0.39, 0.29) is 38.0 Å². The maximum absolute atomic E-state index is 15.1. The second kappa shape index (κ2) is 10.1. The molecule has 1 unspecified atom stereocenters. The van der Waals surface area contributed by atoms with Gasteiger partial charge in [0.25, 0.3) is 0 Å². The molecule has 0 radical (unpaired) electrons. The third-order valence-corrected chi connectivity index (χ3v) is 9.19. The minimum Gasteiger partial charge on any atom is -0.375 e. The average Bonchev–Trinajstić information content (AvgIpc) is 3.64. The molecule has 1 aromatic carbocycles. The molecule has 12 heteroatoms. The largest absolute Gasteiger partial charge is 0.391 e. The molecule has 1 fully saturated rings. The van der Waals surface area contributed by atoms with E-state index in [4.69, 9.17) is 0 Å². The average molecular weight is 595 g/mol. The Morgan fingerprint density at radius 3 is 2.65 bits per heavy atom. The van der Waals surface area contributed by atoms with Crippen LogP contribution in [0.25, 0.3) is 27.8 Å². The van der Waals surface area contributed by atoms with Crippen LogP contribution in [0.4, 0.5) is 22.4 Å². The molecule has 1 N–H and O–H groups in total. The minimum absolute atomic E-state index is 0.108. The quantitative estimate of drug-likeness (QED) is 0.326. The zero-order valence-electron chi connectivity index (χ0n) is 23.5. The molecule has 3 aliphatic heterocycles. The number of hydrogen-bond donors (Lipinski definition) is 1. The van der Waals surface area contributed by atoms with E-state index in [1.54, 1.807) is 16.0 Å². The van der Waals surface area contributed by atoms with E-state index in [0.717, 1.165) is 16.9 Å². The molecule has 0 saturated carbocycles. The molecule has 3 aromatic heterocycles. The van der Waals surface area contributed by atoms with Gasteiger partial charge in [0.2, 0.25) is 0 Å². The number of carbonyl (C=O) groups excluding carboxylic acids is 2. The maximum atomic E-state index is 15.1. The van der Waals surface area contributed by atoms with Crippen molar-refractivity contribution in [2.75, 3.05) is 26.2 Å². The summed E-state index contributed by atoms with van der Waals surface area (Å²) < 4.78 is 58.7. The molecule has 0 bridgehead atoms. The number of piperidine rings is 1. The molecule has 4 aromatic rings. The number of urea groups is 1. The number of nitrogens with zero attached hydrogens (tertiary/aromatic N) is 5. The van der Waals surface area contributed by atoms with Gasteiger partial charge in [-0.2, -0.15) is 13.2 Å². The van der Waals surface area contributed by atoms with Crippen LogP contribution in [0.15, 0.2) is 48.9 Å². The topological polar surface area (TPSA) is 74.9 Å². The Hall–Kier alpha value is -4.35. The van der Waals surface area contributed by atoms with Crippen LogP contribution in [0.3, 0.4) is 0 Å². The fraction of sp³-hybridized carbons (Fsp3) is 0.387. The molecule has 224 valence electrons. The highest BCUT2D eigenvalue weighted by atomic mass is 19.4. The van der Waals surface area contributed by atoms with Gasteiger partial charge in [0.1, 0.15) is 11.5 Å². The van der Waals surface area contributed by atoms with Gasteiger partial charge in [0.05, 0.1) is 41.1 Å². The van der Waals surface area contributed by atoms with E-state index < -0.39 is 23.8 Å². The number of carbonyl (C=O) groups is 2. The zero-order valence-corrected chi connectivity index (χ0v) is 23.5. The standard InChI is InChI=1S/C31H30F4N6O2/c1-18(31(33,34)35)19-5-8-38(9-6-19)30(43)40-11-10-39-17-23(22-13-21(32)12-20(16-40)29(22)39)27-25(42)15-37-28(27)24-14-36-26-4-2-3-7-41(24)26/h2-4,7,12-14,17-19,37H,5-6,8-11,15-16H2,1H3. The molecule has 7 rings (SSSR count). The SMILES string of the molecule is CC(C1CCN(C(=O)N2CCn3cc(C4=C(c5cnc6ccccn56)NCC4=O)c4cc(F)cc(c43)C2)CC1)C(F)(F)F. The van der Waals surface area contributed by atoms with Crippen LogP contribution in [0, 0.1) is 17.7 Å². The van der Waals surface area contributed by atoms with Gasteiger partial charge in [-0.3, -0.25) is 9.20 Å². The number of fused-ring (bicyclic) bond motifs is 1. The zero-order chi connectivity index (χ0) is 30.0. The summed E-state index contributed by atoms with van der Waals surface area (Å²) in [5.74, 6) is -2.51. The summed E-state index contributed by atoms with van der Waals surface area (Å²) in [6, 6.07) is 8.23. The van der Waals surface area contributed by atoms with Gasteiger partial charge in [-0.15, -0.1) is 0 Å². The third-order valence-electron chi connectivity index (χ3n) is 9.19. The van der Waals surface area contributed by atoms with Crippen molar-refractivity contribution in [2.45, 2.75) is 39.0 Å². The number of nitrogens with one attached hydrogen (secondary N) is 1. The first kappa shape index (κ1) is 27.5. The van der Waals surface area contributed by atoms with Crippen molar-refractivity contribution in [3.63, 3.8) is 0 Å². The molecule has 1 atom stereocenters. The summed E-state index contributed by atoms with van der Waals surface area (Å²) in [7, 11) is 0. The highest BCUT2D eigenvalue weighted by molar-refractivity contribution is 6.33. The number of pyridine rings is 1. The second-order valence-electron chi connectivity index (χ2n) is 11.7. The molecule has 3 aliphatic rings. The van der Waals surface area contributed by atoms with Gasteiger partial charge >= 0.3 is 12.2 Å². The number of halogens is 4. The molecular weight excluding hydrogens is 564 g/mol.